The quantitative estimate of drug-likeness (QED) is 0.664. The van der Waals surface area contributed by atoms with E-state index >= 15 is 0 Å². The summed E-state index contributed by atoms with van der Waals surface area (Å²) in [5, 5.41) is 9.37. The van der Waals surface area contributed by atoms with Crippen LogP contribution >= 0.6 is 0 Å². The molecule has 0 amide bonds. The van der Waals surface area contributed by atoms with Crippen molar-refractivity contribution >= 4 is 18.0 Å². The predicted molar refractivity (Wildman–Crippen MR) is 102 cm³/mol. The Morgan fingerprint density at radius 3 is 2.58 bits per heavy atom. The molecule has 3 aromatic rings. The number of nitrogens with zero attached hydrogens (tertiary/aromatic N) is 3. The molecular formula is C21H19N3O2. The fourth-order valence-electron chi connectivity index (χ4n) is 2.63. The molecule has 0 fully saturated rings. The molecule has 26 heavy (non-hydrogen) atoms. The second-order valence-corrected chi connectivity index (χ2v) is 5.73. The average Bonchev–Trinajstić information content (AvgIpc) is 3.11. The van der Waals surface area contributed by atoms with Gasteiger partial charge in [-0.1, -0.05) is 48.5 Å². The Morgan fingerprint density at radius 1 is 1.12 bits per heavy atom. The number of ether oxygens (including phenoxy) is 1. The van der Waals surface area contributed by atoms with Crippen molar-refractivity contribution in [2.24, 2.45) is 0 Å². The zero-order valence-electron chi connectivity index (χ0n) is 14.7. The van der Waals surface area contributed by atoms with Crippen LogP contribution in [0, 0.1) is 11.3 Å². The third-order valence-electron chi connectivity index (χ3n) is 3.89. The van der Waals surface area contributed by atoms with E-state index in [9.17, 15) is 5.26 Å². The van der Waals surface area contributed by atoms with E-state index in [1.165, 1.54) is 0 Å². The number of oxazole rings is 1. The van der Waals surface area contributed by atoms with Crippen LogP contribution in [0.5, 0.6) is 5.75 Å². The van der Waals surface area contributed by atoms with Crippen molar-refractivity contribution in [1.29, 1.82) is 5.26 Å². The van der Waals surface area contributed by atoms with E-state index in [4.69, 9.17) is 9.15 Å². The summed E-state index contributed by atoms with van der Waals surface area (Å²) in [4.78, 5) is 6.14. The first kappa shape index (κ1) is 17.3. The van der Waals surface area contributed by atoms with E-state index in [-0.39, 0.29) is 5.69 Å². The molecular weight excluding hydrogens is 326 g/mol. The first-order valence-electron chi connectivity index (χ1n) is 8.18. The Balaban J connectivity index is 1.82. The van der Waals surface area contributed by atoms with Crippen molar-refractivity contribution in [2.45, 2.75) is 6.54 Å². The lowest BCUT2D eigenvalue weighted by Gasteiger charge is -2.15. The summed E-state index contributed by atoms with van der Waals surface area (Å²) in [7, 11) is 3.50. The molecule has 0 aliphatic carbocycles. The molecule has 1 aromatic heterocycles. The summed E-state index contributed by atoms with van der Waals surface area (Å²) in [5.41, 5.74) is 2.30. The second-order valence-electron chi connectivity index (χ2n) is 5.73. The van der Waals surface area contributed by atoms with Gasteiger partial charge in [0.15, 0.2) is 0 Å². The first-order valence-corrected chi connectivity index (χ1v) is 8.18. The third-order valence-corrected chi connectivity index (χ3v) is 3.89. The van der Waals surface area contributed by atoms with E-state index in [1.807, 2.05) is 72.6 Å². The van der Waals surface area contributed by atoms with Crippen molar-refractivity contribution in [2.75, 3.05) is 19.1 Å². The number of hydrogen-bond donors (Lipinski definition) is 0. The lowest BCUT2D eigenvalue weighted by Crippen LogP contribution is -2.16. The highest BCUT2D eigenvalue weighted by Gasteiger charge is 2.16. The van der Waals surface area contributed by atoms with Gasteiger partial charge in [0.2, 0.25) is 17.5 Å². The van der Waals surface area contributed by atoms with E-state index in [0.29, 0.717) is 18.3 Å². The molecule has 5 nitrogen and oxygen atoms in total. The molecule has 0 atom stereocenters. The van der Waals surface area contributed by atoms with Gasteiger partial charge in [0.1, 0.15) is 11.8 Å². The standard InChI is InChI=1S/C21H19N3O2/c1-24(15-16-8-4-3-5-9-16)21-18(14-22)23-20(26-21)13-12-17-10-6-7-11-19(17)25-2/h3-13H,15H2,1-2H3/b13-12+. The molecule has 0 unspecified atom stereocenters. The number of anilines is 1. The average molecular weight is 345 g/mol. The minimum atomic E-state index is 0.267. The van der Waals surface area contributed by atoms with Gasteiger partial charge in [0, 0.05) is 25.2 Å². The highest BCUT2D eigenvalue weighted by molar-refractivity contribution is 5.70. The third kappa shape index (κ3) is 3.93. The van der Waals surface area contributed by atoms with Crippen LogP contribution < -0.4 is 9.64 Å². The minimum absolute atomic E-state index is 0.267. The fourth-order valence-corrected chi connectivity index (χ4v) is 2.63. The summed E-state index contributed by atoms with van der Waals surface area (Å²) in [6, 6.07) is 19.7. The molecule has 130 valence electrons. The molecule has 0 spiro atoms. The lowest BCUT2D eigenvalue weighted by atomic mass is 10.2. The fraction of sp³-hybridized carbons (Fsp3) is 0.143. The highest BCUT2D eigenvalue weighted by Crippen LogP contribution is 2.25. The molecule has 1 heterocycles. The number of hydrogen-bond acceptors (Lipinski definition) is 5. The van der Waals surface area contributed by atoms with E-state index in [0.717, 1.165) is 16.9 Å². The zero-order valence-corrected chi connectivity index (χ0v) is 14.7. The molecule has 2 aromatic carbocycles. The van der Waals surface area contributed by atoms with Gasteiger partial charge < -0.3 is 14.1 Å². The maximum Gasteiger partial charge on any atom is 0.235 e. The molecule has 0 bridgehead atoms. The Hall–Kier alpha value is -3.52. The molecule has 0 aliphatic heterocycles. The van der Waals surface area contributed by atoms with E-state index in [2.05, 4.69) is 11.1 Å². The number of nitriles is 1. The van der Waals surface area contributed by atoms with Gasteiger partial charge in [0.05, 0.1) is 7.11 Å². The van der Waals surface area contributed by atoms with Crippen LogP contribution in [0.15, 0.2) is 59.0 Å². The van der Waals surface area contributed by atoms with Crippen LogP contribution in [-0.4, -0.2) is 19.1 Å². The minimum Gasteiger partial charge on any atom is -0.496 e. The van der Waals surface area contributed by atoms with Crippen molar-refractivity contribution < 1.29 is 9.15 Å². The van der Waals surface area contributed by atoms with Crippen LogP contribution in [0.25, 0.3) is 12.2 Å². The monoisotopic (exact) mass is 345 g/mol. The van der Waals surface area contributed by atoms with Gasteiger partial charge >= 0.3 is 0 Å². The van der Waals surface area contributed by atoms with E-state index in [1.54, 1.807) is 13.2 Å². The van der Waals surface area contributed by atoms with Crippen LogP contribution in [0.2, 0.25) is 0 Å². The largest absolute Gasteiger partial charge is 0.496 e. The molecule has 0 aliphatic rings. The Labute approximate surface area is 152 Å². The zero-order chi connectivity index (χ0) is 18.4. The highest BCUT2D eigenvalue weighted by atomic mass is 16.5. The molecule has 5 heteroatoms. The summed E-state index contributed by atoms with van der Waals surface area (Å²) >= 11 is 0. The maximum absolute atomic E-state index is 9.37. The van der Waals surface area contributed by atoms with Gasteiger partial charge in [-0.2, -0.15) is 10.2 Å². The maximum atomic E-state index is 9.37. The van der Waals surface area contributed by atoms with Crippen LogP contribution in [0.1, 0.15) is 22.7 Å². The van der Waals surface area contributed by atoms with Gasteiger partial charge in [-0.05, 0) is 17.7 Å². The predicted octanol–water partition coefficient (Wildman–Crippen LogP) is 4.36. The molecule has 0 radical (unpaired) electrons. The lowest BCUT2D eigenvalue weighted by molar-refractivity contribution is 0.414. The van der Waals surface area contributed by atoms with Gasteiger partial charge in [-0.25, -0.2) is 0 Å². The van der Waals surface area contributed by atoms with Gasteiger partial charge in [-0.15, -0.1) is 0 Å². The summed E-state index contributed by atoms with van der Waals surface area (Å²) in [6.07, 6.45) is 3.59. The number of benzene rings is 2. The van der Waals surface area contributed by atoms with Crippen molar-refractivity contribution in [1.82, 2.24) is 4.98 Å². The SMILES string of the molecule is COc1ccccc1/C=C/c1nc(C#N)c(N(C)Cc2ccccc2)o1. The number of aromatic nitrogens is 1. The topological polar surface area (TPSA) is 62.3 Å². The Kier molecular flexibility index (Phi) is 5.35. The van der Waals surface area contributed by atoms with Gasteiger partial charge in [0.25, 0.3) is 0 Å². The van der Waals surface area contributed by atoms with E-state index < -0.39 is 0 Å². The number of methoxy groups -OCH3 is 1. The van der Waals surface area contributed by atoms with Crippen LogP contribution in [0.4, 0.5) is 5.88 Å². The smallest absolute Gasteiger partial charge is 0.235 e. The van der Waals surface area contributed by atoms with Crippen molar-refractivity contribution in [3.05, 3.63) is 77.3 Å². The normalized spacial score (nSPS) is 10.7. The molecule has 0 saturated heterocycles. The Bertz CT molecular complexity index is 939. The summed E-state index contributed by atoms with van der Waals surface area (Å²) in [5.74, 6) is 1.59. The van der Waals surface area contributed by atoms with Crippen molar-refractivity contribution in [3.8, 4) is 11.8 Å². The van der Waals surface area contributed by atoms with Crippen LogP contribution in [-0.2, 0) is 6.54 Å². The number of para-hydroxylation sites is 1. The summed E-state index contributed by atoms with van der Waals surface area (Å²) in [6.45, 7) is 0.625. The Morgan fingerprint density at radius 2 is 1.85 bits per heavy atom. The number of rotatable bonds is 6. The second kappa shape index (κ2) is 8.04. The van der Waals surface area contributed by atoms with Crippen molar-refractivity contribution in [3.63, 3.8) is 0 Å². The molecule has 3 rings (SSSR count). The van der Waals surface area contributed by atoms with Crippen LogP contribution in [0.3, 0.4) is 0 Å². The summed E-state index contributed by atoms with van der Waals surface area (Å²) < 4.78 is 11.1. The molecule has 0 N–H and O–H groups in total. The molecule has 0 saturated carbocycles. The van der Waals surface area contributed by atoms with Gasteiger partial charge in [-0.3, -0.25) is 0 Å². The first-order chi connectivity index (χ1) is 12.7.